The quantitative estimate of drug-likeness (QED) is 0.860. The molecule has 2 fully saturated rings. The fourth-order valence-corrected chi connectivity index (χ4v) is 3.87. The van der Waals surface area contributed by atoms with Gasteiger partial charge in [0.1, 0.15) is 11.4 Å². The summed E-state index contributed by atoms with van der Waals surface area (Å²) in [6, 6.07) is 2.28. The number of nitrogens with zero attached hydrogens (tertiary/aromatic N) is 5. The highest BCUT2D eigenvalue weighted by atomic mass is 32.1. The molecule has 8 heteroatoms. The zero-order valence-corrected chi connectivity index (χ0v) is 15.1. The SMILES string of the molecule is Cc1nsc(N2CCCN(CC(=O)NC(C)(C#N)C3CC3)CC2)n1. The fourth-order valence-electron chi connectivity index (χ4n) is 3.15. The molecule has 1 amide bonds. The Labute approximate surface area is 146 Å². The monoisotopic (exact) mass is 348 g/mol. The normalized spacial score (nSPS) is 21.6. The van der Waals surface area contributed by atoms with Gasteiger partial charge in [0.05, 0.1) is 12.6 Å². The molecular weight excluding hydrogens is 324 g/mol. The summed E-state index contributed by atoms with van der Waals surface area (Å²) in [7, 11) is 0. The highest BCUT2D eigenvalue weighted by Gasteiger charge is 2.43. The lowest BCUT2D eigenvalue weighted by atomic mass is 9.98. The Morgan fingerprint density at radius 3 is 2.83 bits per heavy atom. The molecule has 0 bridgehead atoms. The van der Waals surface area contributed by atoms with Crippen LogP contribution in [-0.4, -0.2) is 58.4 Å². The highest BCUT2D eigenvalue weighted by Crippen LogP contribution is 2.39. The first kappa shape index (κ1) is 17.1. The van der Waals surface area contributed by atoms with E-state index in [0.29, 0.717) is 12.5 Å². The number of carbonyl (C=O) groups is 1. The summed E-state index contributed by atoms with van der Waals surface area (Å²) < 4.78 is 4.24. The largest absolute Gasteiger partial charge is 0.346 e. The standard InChI is InChI=1S/C16H24N6OS/c1-12-18-15(24-20-12)22-7-3-6-21(8-9-22)10-14(23)19-16(2,11-17)13-4-5-13/h13H,3-10H2,1-2H3,(H,19,23). The van der Waals surface area contributed by atoms with Crippen LogP contribution < -0.4 is 10.2 Å². The third kappa shape index (κ3) is 4.02. The van der Waals surface area contributed by atoms with Crippen molar-refractivity contribution in [3.8, 4) is 6.07 Å². The van der Waals surface area contributed by atoms with Crippen molar-refractivity contribution in [2.24, 2.45) is 5.92 Å². The highest BCUT2D eigenvalue weighted by molar-refractivity contribution is 7.09. The molecule has 1 unspecified atom stereocenters. The predicted molar refractivity (Wildman–Crippen MR) is 92.8 cm³/mol. The van der Waals surface area contributed by atoms with E-state index in [1.54, 1.807) is 0 Å². The number of amides is 1. The maximum absolute atomic E-state index is 12.3. The average Bonchev–Trinajstić information content (AvgIpc) is 3.35. The van der Waals surface area contributed by atoms with Gasteiger partial charge < -0.3 is 10.2 Å². The molecule has 24 heavy (non-hydrogen) atoms. The second kappa shape index (κ2) is 7.03. The van der Waals surface area contributed by atoms with E-state index < -0.39 is 5.54 Å². The van der Waals surface area contributed by atoms with Gasteiger partial charge in [0.15, 0.2) is 0 Å². The molecule has 7 nitrogen and oxygen atoms in total. The van der Waals surface area contributed by atoms with Gasteiger partial charge in [0, 0.05) is 37.7 Å². The predicted octanol–water partition coefficient (Wildman–Crippen LogP) is 1.17. The molecule has 2 aliphatic rings. The van der Waals surface area contributed by atoms with Gasteiger partial charge in [-0.3, -0.25) is 9.69 Å². The molecule has 2 heterocycles. The van der Waals surface area contributed by atoms with E-state index in [1.165, 1.54) is 11.5 Å². The summed E-state index contributed by atoms with van der Waals surface area (Å²) in [5.74, 6) is 1.07. The molecule has 1 N–H and O–H groups in total. The molecule has 1 atom stereocenters. The average molecular weight is 348 g/mol. The van der Waals surface area contributed by atoms with Gasteiger partial charge in [-0.15, -0.1) is 0 Å². The first-order chi connectivity index (χ1) is 11.5. The van der Waals surface area contributed by atoms with Gasteiger partial charge >= 0.3 is 0 Å². The summed E-state index contributed by atoms with van der Waals surface area (Å²) >= 11 is 1.43. The molecule has 1 saturated carbocycles. The Morgan fingerprint density at radius 2 is 2.21 bits per heavy atom. The van der Waals surface area contributed by atoms with Crippen molar-refractivity contribution in [1.82, 2.24) is 19.6 Å². The third-order valence-corrected chi connectivity index (χ3v) is 5.64. The van der Waals surface area contributed by atoms with Crippen molar-refractivity contribution in [1.29, 1.82) is 5.26 Å². The number of hydrogen-bond acceptors (Lipinski definition) is 7. The number of nitriles is 1. The van der Waals surface area contributed by atoms with Gasteiger partial charge in [-0.05, 0) is 39.0 Å². The third-order valence-electron chi connectivity index (χ3n) is 4.77. The van der Waals surface area contributed by atoms with E-state index in [4.69, 9.17) is 0 Å². The van der Waals surface area contributed by atoms with Crippen LogP contribution in [-0.2, 0) is 4.79 Å². The smallest absolute Gasteiger partial charge is 0.235 e. The maximum atomic E-state index is 12.3. The van der Waals surface area contributed by atoms with Gasteiger partial charge in [-0.2, -0.15) is 9.64 Å². The molecule has 1 aromatic rings. The first-order valence-electron chi connectivity index (χ1n) is 8.50. The van der Waals surface area contributed by atoms with Crippen LogP contribution in [0.25, 0.3) is 0 Å². The van der Waals surface area contributed by atoms with Crippen LogP contribution in [0.1, 0.15) is 32.0 Å². The van der Waals surface area contributed by atoms with Crippen LogP contribution in [0.2, 0.25) is 0 Å². The molecule has 0 spiro atoms. The summed E-state index contributed by atoms with van der Waals surface area (Å²) in [6.45, 7) is 7.58. The van der Waals surface area contributed by atoms with Crippen LogP contribution in [0.4, 0.5) is 5.13 Å². The lowest BCUT2D eigenvalue weighted by Crippen LogP contribution is -2.50. The van der Waals surface area contributed by atoms with Crippen molar-refractivity contribution in [2.75, 3.05) is 37.6 Å². The van der Waals surface area contributed by atoms with Crippen molar-refractivity contribution < 1.29 is 4.79 Å². The van der Waals surface area contributed by atoms with Gasteiger partial charge in [-0.1, -0.05) is 0 Å². The minimum Gasteiger partial charge on any atom is -0.346 e. The molecule has 0 radical (unpaired) electrons. The van der Waals surface area contributed by atoms with Crippen LogP contribution >= 0.6 is 11.5 Å². The van der Waals surface area contributed by atoms with Gasteiger partial charge in [0.25, 0.3) is 0 Å². The van der Waals surface area contributed by atoms with Crippen molar-refractivity contribution in [3.63, 3.8) is 0 Å². The number of rotatable bonds is 5. The lowest BCUT2D eigenvalue weighted by molar-refractivity contribution is -0.123. The Hall–Kier alpha value is -1.72. The summed E-state index contributed by atoms with van der Waals surface area (Å²) in [6.07, 6.45) is 3.05. The van der Waals surface area contributed by atoms with Crippen LogP contribution in [0.15, 0.2) is 0 Å². The molecule has 1 saturated heterocycles. The van der Waals surface area contributed by atoms with E-state index >= 15 is 0 Å². The summed E-state index contributed by atoms with van der Waals surface area (Å²) in [5.41, 5.74) is -0.709. The number of carbonyl (C=O) groups excluding carboxylic acids is 1. The molecular formula is C16H24N6OS. The fraction of sp³-hybridized carbons (Fsp3) is 0.750. The van der Waals surface area contributed by atoms with E-state index in [2.05, 4.69) is 30.5 Å². The van der Waals surface area contributed by atoms with Gasteiger partial charge in [0.2, 0.25) is 11.0 Å². The molecule has 0 aromatic carbocycles. The Balaban J connectivity index is 1.51. The number of hydrogen-bond donors (Lipinski definition) is 1. The van der Waals surface area contributed by atoms with Crippen molar-refractivity contribution >= 4 is 22.6 Å². The minimum atomic E-state index is -0.709. The summed E-state index contributed by atoms with van der Waals surface area (Å²) in [5, 5.41) is 13.3. The zero-order chi connectivity index (χ0) is 17.2. The molecule has 1 aromatic heterocycles. The van der Waals surface area contributed by atoms with Crippen LogP contribution in [0.3, 0.4) is 0 Å². The number of aromatic nitrogens is 2. The number of aryl methyl sites for hydroxylation is 1. The maximum Gasteiger partial charge on any atom is 0.235 e. The van der Waals surface area contributed by atoms with E-state index in [1.807, 2.05) is 13.8 Å². The lowest BCUT2D eigenvalue weighted by Gasteiger charge is -2.26. The van der Waals surface area contributed by atoms with Crippen LogP contribution in [0.5, 0.6) is 0 Å². The van der Waals surface area contributed by atoms with E-state index in [0.717, 1.165) is 56.4 Å². The van der Waals surface area contributed by atoms with Crippen molar-refractivity contribution in [2.45, 2.75) is 38.6 Å². The second-order valence-corrected chi connectivity index (χ2v) is 7.61. The zero-order valence-electron chi connectivity index (χ0n) is 14.3. The van der Waals surface area contributed by atoms with Crippen LogP contribution in [0, 0.1) is 24.2 Å². The number of nitrogens with one attached hydrogen (secondary N) is 1. The topological polar surface area (TPSA) is 85.2 Å². The van der Waals surface area contributed by atoms with Crippen molar-refractivity contribution in [3.05, 3.63) is 5.82 Å². The van der Waals surface area contributed by atoms with E-state index in [-0.39, 0.29) is 5.91 Å². The Kier molecular flexibility index (Phi) is 5.01. The second-order valence-electron chi connectivity index (χ2n) is 6.88. The molecule has 1 aliphatic carbocycles. The minimum absolute atomic E-state index is 0.0499. The molecule has 130 valence electrons. The Bertz CT molecular complexity index is 637. The Morgan fingerprint density at radius 1 is 1.42 bits per heavy atom. The van der Waals surface area contributed by atoms with Gasteiger partial charge in [-0.25, -0.2) is 4.98 Å². The van der Waals surface area contributed by atoms with E-state index in [9.17, 15) is 10.1 Å². The number of anilines is 1. The molecule has 1 aliphatic heterocycles. The summed E-state index contributed by atoms with van der Waals surface area (Å²) in [4.78, 5) is 21.2. The molecule has 3 rings (SSSR count). The first-order valence-corrected chi connectivity index (χ1v) is 9.27.